The molecular weight excluding hydrogens is 1480 g/mol. The molecular formula is C98H120Cl2HfSi2. The predicted molar refractivity (Wildman–Crippen MR) is 453 cm³/mol. The molecule has 0 bridgehead atoms. The molecule has 14 rings (SSSR count). The number of fused-ring (bicyclic) bond motifs is 8. The molecule has 0 radical (unpaired) electrons. The number of allylic oxidation sites excluding steroid dienone is 32. The zero-order valence-corrected chi connectivity index (χ0v) is 75.1. The van der Waals surface area contributed by atoms with E-state index >= 15 is 0 Å². The normalized spacial score (nSPS) is 30.4. The van der Waals surface area contributed by atoms with Crippen LogP contribution in [0.2, 0.25) is 24.3 Å². The first-order valence-electron chi connectivity index (χ1n) is 39.7. The fourth-order valence-corrected chi connectivity index (χ4v) is 199. The van der Waals surface area contributed by atoms with Crippen LogP contribution in [0.1, 0.15) is 251 Å². The number of hydrogen-bond donors (Lipinski definition) is 0. The zero-order chi connectivity index (χ0) is 74.7. The quantitative estimate of drug-likeness (QED) is 0.154. The first kappa shape index (κ1) is 74.5. The van der Waals surface area contributed by atoms with Crippen LogP contribution in [-0.4, -0.2) is 17.6 Å². The summed E-state index contributed by atoms with van der Waals surface area (Å²) in [5, 5.41) is 0. The van der Waals surface area contributed by atoms with Gasteiger partial charge in [0.1, 0.15) is 0 Å². The van der Waals surface area contributed by atoms with Gasteiger partial charge < -0.3 is 0 Å². The molecule has 5 spiro atoms. The average molecular weight is 1600 g/mol. The Morgan fingerprint density at radius 3 is 0.689 bits per heavy atom. The van der Waals surface area contributed by atoms with E-state index in [2.05, 4.69) is 349 Å². The van der Waals surface area contributed by atoms with Gasteiger partial charge in [-0.25, -0.2) is 0 Å². The van der Waals surface area contributed by atoms with Crippen LogP contribution < -0.4 is 0 Å². The van der Waals surface area contributed by atoms with E-state index in [-0.39, 0.29) is 45.3 Å². The van der Waals surface area contributed by atoms with Gasteiger partial charge in [-0.15, -0.1) is 0 Å². The summed E-state index contributed by atoms with van der Waals surface area (Å²) >= 11 is -7.96. The Labute approximate surface area is 631 Å². The minimum absolute atomic E-state index is 0.00471. The topological polar surface area (TPSA) is 0 Å². The van der Waals surface area contributed by atoms with E-state index < -0.39 is 43.4 Å². The molecule has 0 N–H and O–H groups in total. The molecule has 8 aliphatic carbocycles. The molecule has 0 nitrogen and oxygen atoms in total. The molecule has 5 heteroatoms. The Morgan fingerprint density at radius 2 is 0.515 bits per heavy atom. The van der Waals surface area contributed by atoms with E-state index in [9.17, 15) is 17.2 Å². The SMILES string of the molecule is CCc1cc(C2C=CC=CC3=C2C=C(C)[C]32[SiH](C)[C]3(C(C)=CC4=C3C=CC=CC4c3cc(C)c(C(C)(C)C)c(CC)c3)[Hf]23([Cl])([Cl])[C]2(C(C)=CC4=C2C=CC=CC4c2cc(C)c(C(C)(C)C)c(CC)c2)[SiH](C)[C]32C(C)=CC3=C2C=CC=CC3c2cc(C)c(C(C)(C)C)c(CC)c2)cc(C)c1C(C)(C)C. The second kappa shape index (κ2) is 24.1. The molecule has 10 aliphatic rings. The molecule has 2 fully saturated rings. The molecule has 2 heterocycles. The van der Waals surface area contributed by atoms with Crippen molar-refractivity contribution in [2.45, 2.75) is 261 Å². The molecule has 8 unspecified atom stereocenters. The van der Waals surface area contributed by atoms with Crippen LogP contribution in [0, 0.1) is 27.7 Å². The van der Waals surface area contributed by atoms with Crippen molar-refractivity contribution in [3.05, 3.63) is 326 Å². The molecule has 2 aliphatic heterocycles. The summed E-state index contributed by atoms with van der Waals surface area (Å²) < 4.78 is -2.87. The Bertz CT molecular complexity index is 4370. The second-order valence-electron chi connectivity index (χ2n) is 37.8. The minimum atomic E-state index is -7.96. The van der Waals surface area contributed by atoms with Gasteiger partial charge in [0.2, 0.25) is 0 Å². The maximum absolute atomic E-state index is 11.8. The third kappa shape index (κ3) is 8.74. The Hall–Kier alpha value is -5.40. The van der Waals surface area contributed by atoms with Crippen LogP contribution in [0.5, 0.6) is 0 Å². The van der Waals surface area contributed by atoms with Gasteiger partial charge in [0, 0.05) is 0 Å². The van der Waals surface area contributed by atoms with E-state index in [4.69, 9.17) is 0 Å². The molecule has 2 saturated heterocycles. The van der Waals surface area contributed by atoms with Crippen LogP contribution >= 0.6 is 17.2 Å². The van der Waals surface area contributed by atoms with Gasteiger partial charge in [-0.3, -0.25) is 0 Å². The standard InChI is InChI=1S/2C49H60Si.2ClH.Hf/c2*1-14-34-28-36(24-30(3)44(34)48(7,8)9)38-20-16-18-22-40-42(38)26-32(5)46(40)50(13)47-33(6)27-43-39(21-17-19-23-41(43)47)37-25-31(4)45(49(10,11)12)35(15-2)29-37;;;/h2*16-29,38-39,50H,14-15H2,1-13H3;2*1H;/q;;;;+2/p-2. The fourth-order valence-electron chi connectivity index (χ4n) is 27.6. The Balaban J connectivity index is 1.19. The Morgan fingerprint density at radius 1 is 0.320 bits per heavy atom. The van der Waals surface area contributed by atoms with E-state index in [0.29, 0.717) is 0 Å². The first-order valence-corrected chi connectivity index (χ1v) is 60.4. The van der Waals surface area contributed by atoms with Gasteiger partial charge in [0.25, 0.3) is 0 Å². The van der Waals surface area contributed by atoms with Crippen LogP contribution in [0.4, 0.5) is 0 Å². The van der Waals surface area contributed by atoms with Gasteiger partial charge >= 0.3 is 637 Å². The van der Waals surface area contributed by atoms with E-state index in [1.54, 1.807) is 0 Å². The van der Waals surface area contributed by atoms with Crippen molar-refractivity contribution in [2.75, 3.05) is 0 Å². The van der Waals surface area contributed by atoms with Crippen molar-refractivity contribution in [1.82, 2.24) is 0 Å². The molecule has 0 amide bonds. The summed E-state index contributed by atoms with van der Waals surface area (Å²) in [5.41, 5.74) is 39.5. The van der Waals surface area contributed by atoms with Crippen molar-refractivity contribution in [3.63, 3.8) is 0 Å². The van der Waals surface area contributed by atoms with Gasteiger partial charge in [0.05, 0.1) is 0 Å². The van der Waals surface area contributed by atoms with Crippen LogP contribution in [-0.2, 0) is 62.0 Å². The summed E-state index contributed by atoms with van der Waals surface area (Å²) in [7, 11) is 18.3. The summed E-state index contributed by atoms with van der Waals surface area (Å²) in [5.74, 6) is -0.126. The maximum atomic E-state index is 11.8. The molecule has 538 valence electrons. The van der Waals surface area contributed by atoms with Gasteiger partial charge in [-0.05, 0) is 0 Å². The molecule has 0 saturated carbocycles. The number of hydrogen-bond acceptors (Lipinski definition) is 0. The monoisotopic (exact) mass is 1600 g/mol. The number of rotatable bonds is 8. The predicted octanol–water partition coefficient (Wildman–Crippen LogP) is 27.4. The zero-order valence-electron chi connectivity index (χ0n) is 67.7. The average Bonchev–Trinajstić information content (AvgIpc) is 1.52. The van der Waals surface area contributed by atoms with Crippen molar-refractivity contribution in [3.8, 4) is 0 Å². The van der Waals surface area contributed by atoms with Crippen LogP contribution in [0.15, 0.2) is 237 Å². The van der Waals surface area contributed by atoms with Gasteiger partial charge in [-0.1, -0.05) is 0 Å². The number of aryl methyl sites for hydroxylation is 8. The fraction of sp³-hybridized carbons (Fsp3) is 0.429. The molecule has 0 aromatic heterocycles. The molecule has 8 atom stereocenters. The van der Waals surface area contributed by atoms with Crippen molar-refractivity contribution >= 4 is 34.7 Å². The summed E-state index contributed by atoms with van der Waals surface area (Å²) in [6.07, 6.45) is 54.8. The second-order valence-corrected chi connectivity index (χ2v) is 92.2. The van der Waals surface area contributed by atoms with Crippen molar-refractivity contribution in [2.24, 2.45) is 0 Å². The van der Waals surface area contributed by atoms with Crippen molar-refractivity contribution in [1.29, 1.82) is 0 Å². The number of benzene rings is 4. The number of halogens is 2. The third-order valence-electron chi connectivity index (χ3n) is 28.8. The van der Waals surface area contributed by atoms with E-state index in [1.165, 1.54) is 156 Å². The van der Waals surface area contributed by atoms with E-state index in [1.807, 2.05) is 0 Å². The molecule has 103 heavy (non-hydrogen) atoms. The molecule has 4 aromatic rings. The summed E-state index contributed by atoms with van der Waals surface area (Å²) in [6, 6.07) is 20.6. The van der Waals surface area contributed by atoms with E-state index in [0.717, 1.165) is 25.7 Å². The van der Waals surface area contributed by atoms with Crippen molar-refractivity contribution < 1.29 is 14.7 Å². The first-order chi connectivity index (χ1) is 48.2. The van der Waals surface area contributed by atoms with Crippen LogP contribution in [0.3, 0.4) is 0 Å². The van der Waals surface area contributed by atoms with Gasteiger partial charge in [-0.2, -0.15) is 0 Å². The van der Waals surface area contributed by atoms with Crippen LogP contribution in [0.25, 0.3) is 0 Å². The molecule has 4 aromatic carbocycles. The third-order valence-corrected chi connectivity index (χ3v) is 146. The summed E-state index contributed by atoms with van der Waals surface area (Å²) in [4.78, 5) is 0. The van der Waals surface area contributed by atoms with Gasteiger partial charge in [0.15, 0.2) is 0 Å². The Kier molecular flexibility index (Phi) is 17.4. The summed E-state index contributed by atoms with van der Waals surface area (Å²) in [6.45, 7) is 63.7.